The van der Waals surface area contributed by atoms with E-state index >= 15 is 0 Å². The fraction of sp³-hybridized carbons (Fsp3) is 0.933. The molecule has 1 N–H and O–H groups in total. The molecule has 1 fully saturated rings. The van der Waals surface area contributed by atoms with E-state index in [-0.39, 0.29) is 33.6 Å². The van der Waals surface area contributed by atoms with Crippen LogP contribution in [0.25, 0.3) is 0 Å². The fourth-order valence-electron chi connectivity index (χ4n) is 2.52. The van der Waals surface area contributed by atoms with E-state index in [4.69, 9.17) is 33.2 Å². The summed E-state index contributed by atoms with van der Waals surface area (Å²) in [6.45, 7) is -0.268. The molecule has 4 atom stereocenters. The molecule has 1 saturated heterocycles. The van der Waals surface area contributed by atoms with Crippen molar-refractivity contribution in [2.75, 3.05) is 54.9 Å². The minimum atomic E-state index is -4.62. The van der Waals surface area contributed by atoms with Crippen molar-refractivity contribution < 1.29 is 51.1 Å². The Morgan fingerprint density at radius 2 is 1.63 bits per heavy atom. The van der Waals surface area contributed by atoms with Crippen LogP contribution < -0.4 is 5.32 Å². The number of hydrogen-bond donors (Lipinski definition) is 1. The van der Waals surface area contributed by atoms with Crippen molar-refractivity contribution in [1.82, 2.24) is 5.32 Å². The molecule has 0 aromatic heterocycles. The van der Waals surface area contributed by atoms with Gasteiger partial charge in [0.25, 0.3) is 0 Å². The van der Waals surface area contributed by atoms with E-state index in [1.165, 1.54) is 21.3 Å². The van der Waals surface area contributed by atoms with Gasteiger partial charge >= 0.3 is 6.18 Å². The summed E-state index contributed by atoms with van der Waals surface area (Å²) in [5.41, 5.74) is 0. The average molecular weight is 405 g/mol. The second kappa shape index (κ2) is 12.4. The molecule has 9 nitrogen and oxygen atoms in total. The lowest BCUT2D eigenvalue weighted by atomic mass is 9.97. The lowest BCUT2D eigenvalue weighted by molar-refractivity contribution is -0.240. The van der Waals surface area contributed by atoms with Crippen molar-refractivity contribution in [2.24, 2.45) is 0 Å². The number of hydrogen-bond acceptors (Lipinski definition) is 8. The van der Waals surface area contributed by atoms with Gasteiger partial charge in [0.15, 0.2) is 0 Å². The number of nitrogens with one attached hydrogen (secondary N) is 1. The van der Waals surface area contributed by atoms with Gasteiger partial charge in [0.05, 0.1) is 19.3 Å². The van der Waals surface area contributed by atoms with E-state index in [2.05, 4.69) is 5.32 Å². The number of alkyl halides is 3. The molecule has 1 aliphatic heterocycles. The van der Waals surface area contributed by atoms with Crippen LogP contribution in [0.4, 0.5) is 13.2 Å². The summed E-state index contributed by atoms with van der Waals surface area (Å²) in [7, 11) is 4.26. The summed E-state index contributed by atoms with van der Waals surface area (Å²) in [6.07, 6.45) is -8.48. The van der Waals surface area contributed by atoms with Crippen LogP contribution in [-0.4, -0.2) is 91.4 Å². The van der Waals surface area contributed by atoms with Gasteiger partial charge in [-0.05, 0) is 0 Å². The smallest absolute Gasteiger partial charge is 0.371 e. The third-order valence-corrected chi connectivity index (χ3v) is 3.52. The highest BCUT2D eigenvalue weighted by atomic mass is 19.4. The predicted octanol–water partition coefficient (Wildman–Crippen LogP) is 0.421. The quantitative estimate of drug-likeness (QED) is 0.369. The van der Waals surface area contributed by atoms with Crippen LogP contribution in [0.2, 0.25) is 0 Å². The first-order valence-electron chi connectivity index (χ1n) is 8.07. The van der Waals surface area contributed by atoms with Crippen LogP contribution in [0.5, 0.6) is 0 Å². The Morgan fingerprint density at radius 1 is 1.04 bits per heavy atom. The van der Waals surface area contributed by atoms with Crippen molar-refractivity contribution in [2.45, 2.75) is 37.0 Å². The first-order chi connectivity index (χ1) is 12.8. The largest absolute Gasteiger partial charge is 0.397 e. The summed E-state index contributed by atoms with van der Waals surface area (Å²) < 4.78 is 73.9. The van der Waals surface area contributed by atoms with Crippen molar-refractivity contribution >= 4 is 5.91 Å². The Labute approximate surface area is 155 Å². The molecule has 12 heteroatoms. The Hall–Kier alpha value is -1.02. The maximum Gasteiger partial charge on any atom is 0.397 e. The van der Waals surface area contributed by atoms with E-state index in [1.54, 1.807) is 0 Å². The van der Waals surface area contributed by atoms with Crippen LogP contribution in [0.3, 0.4) is 0 Å². The highest BCUT2D eigenvalue weighted by Crippen LogP contribution is 2.24. The van der Waals surface area contributed by atoms with Crippen LogP contribution >= 0.6 is 0 Å². The summed E-state index contributed by atoms with van der Waals surface area (Å²) >= 11 is 0. The summed E-state index contributed by atoms with van der Waals surface area (Å²) in [4.78, 5) is 11.7. The molecule has 1 heterocycles. The van der Waals surface area contributed by atoms with Gasteiger partial charge < -0.3 is 38.5 Å². The molecule has 27 heavy (non-hydrogen) atoms. The molecule has 1 aliphatic rings. The van der Waals surface area contributed by atoms with Gasteiger partial charge in [-0.2, -0.15) is 13.2 Å². The third kappa shape index (κ3) is 9.14. The topological polar surface area (TPSA) is 93.7 Å². The molecule has 0 aromatic carbocycles. The SMILES string of the molecule is COCOC[C@H]1OC[C@H](NC(=O)CC(F)(F)F)[C@@H](OCOC)[C@H]1OCOC. The fourth-order valence-corrected chi connectivity index (χ4v) is 2.52. The monoisotopic (exact) mass is 405 g/mol. The molecule has 0 spiro atoms. The van der Waals surface area contributed by atoms with Crippen LogP contribution in [0, 0.1) is 0 Å². The van der Waals surface area contributed by atoms with Gasteiger partial charge in [-0.1, -0.05) is 0 Å². The van der Waals surface area contributed by atoms with Crippen molar-refractivity contribution in [3.05, 3.63) is 0 Å². The predicted molar refractivity (Wildman–Crippen MR) is 83.7 cm³/mol. The second-order valence-corrected chi connectivity index (χ2v) is 5.69. The van der Waals surface area contributed by atoms with Crippen LogP contribution in [-0.2, 0) is 38.0 Å². The van der Waals surface area contributed by atoms with Gasteiger partial charge in [-0.25, -0.2) is 0 Å². The van der Waals surface area contributed by atoms with Crippen LogP contribution in [0.1, 0.15) is 6.42 Å². The molecule has 0 aliphatic carbocycles. The number of rotatable bonds is 12. The zero-order valence-electron chi connectivity index (χ0n) is 15.5. The lowest BCUT2D eigenvalue weighted by Crippen LogP contribution is -2.62. The molecule has 0 unspecified atom stereocenters. The van der Waals surface area contributed by atoms with Gasteiger partial charge in [0.1, 0.15) is 45.1 Å². The summed E-state index contributed by atoms with van der Waals surface area (Å²) in [6, 6.07) is -0.879. The summed E-state index contributed by atoms with van der Waals surface area (Å²) in [5, 5.41) is 2.28. The lowest BCUT2D eigenvalue weighted by Gasteiger charge is -2.42. The van der Waals surface area contributed by atoms with E-state index in [1.807, 2.05) is 0 Å². The molecule has 1 rings (SSSR count). The number of amides is 1. The molecule has 0 saturated carbocycles. The van der Waals surface area contributed by atoms with E-state index in [0.717, 1.165) is 0 Å². The molecule has 1 amide bonds. The first kappa shape index (κ1) is 24.0. The Balaban J connectivity index is 2.84. The zero-order chi connectivity index (χ0) is 20.3. The number of methoxy groups -OCH3 is 3. The minimum absolute atomic E-state index is 0.0200. The highest BCUT2D eigenvalue weighted by molar-refractivity contribution is 5.77. The van der Waals surface area contributed by atoms with Gasteiger partial charge in [0.2, 0.25) is 5.91 Å². The number of carbonyl (C=O) groups is 1. The highest BCUT2D eigenvalue weighted by Gasteiger charge is 2.44. The number of ether oxygens (including phenoxy) is 7. The molecular weight excluding hydrogens is 379 g/mol. The maximum absolute atomic E-state index is 12.4. The third-order valence-electron chi connectivity index (χ3n) is 3.52. The first-order valence-corrected chi connectivity index (χ1v) is 8.07. The number of halogens is 3. The second-order valence-electron chi connectivity index (χ2n) is 5.69. The Kier molecular flexibility index (Phi) is 11.1. The molecule has 0 aromatic rings. The number of carbonyl (C=O) groups excluding carboxylic acids is 1. The Morgan fingerprint density at radius 3 is 2.19 bits per heavy atom. The van der Waals surface area contributed by atoms with E-state index in [9.17, 15) is 18.0 Å². The van der Waals surface area contributed by atoms with Crippen molar-refractivity contribution in [3.63, 3.8) is 0 Å². The van der Waals surface area contributed by atoms with Gasteiger partial charge in [-0.15, -0.1) is 0 Å². The van der Waals surface area contributed by atoms with Crippen molar-refractivity contribution in [1.29, 1.82) is 0 Å². The zero-order valence-corrected chi connectivity index (χ0v) is 15.5. The molecular formula is C15H26F3NO8. The molecule has 160 valence electrons. The average Bonchev–Trinajstić information content (AvgIpc) is 2.58. The maximum atomic E-state index is 12.4. The normalized spacial score (nSPS) is 26.1. The molecule has 0 radical (unpaired) electrons. The summed E-state index contributed by atoms with van der Waals surface area (Å²) in [5.74, 6) is -1.19. The van der Waals surface area contributed by atoms with E-state index in [0.29, 0.717) is 0 Å². The van der Waals surface area contributed by atoms with Gasteiger partial charge in [0, 0.05) is 21.3 Å². The van der Waals surface area contributed by atoms with Crippen molar-refractivity contribution in [3.8, 4) is 0 Å². The van der Waals surface area contributed by atoms with Crippen LogP contribution in [0.15, 0.2) is 0 Å². The molecule has 0 bridgehead atoms. The van der Waals surface area contributed by atoms with Gasteiger partial charge in [-0.3, -0.25) is 4.79 Å². The standard InChI is InChI=1S/C15H26F3NO8/c1-21-7-24-6-11-14(27-9-23-3)13(26-8-22-2)10(5-25-11)19-12(20)4-15(16,17)18/h10-11,13-14H,4-9H2,1-3H3,(H,19,20)/t10-,11+,13+,14-/m0/s1. The minimum Gasteiger partial charge on any atom is -0.371 e. The van der Waals surface area contributed by atoms with E-state index < -0.39 is 42.9 Å². The Bertz CT molecular complexity index is 426.